The lowest BCUT2D eigenvalue weighted by Gasteiger charge is -2.09. The lowest BCUT2D eigenvalue weighted by molar-refractivity contribution is 0.0953. The van der Waals surface area contributed by atoms with Crippen molar-refractivity contribution in [1.82, 2.24) is 10.3 Å². The molecule has 0 aromatic carbocycles. The minimum Gasteiger partial charge on any atom is -0.370 e. The first kappa shape index (κ1) is 15.8. The van der Waals surface area contributed by atoms with Crippen LogP contribution in [0.2, 0.25) is 0 Å². The number of hydrogen-bond donors (Lipinski definition) is 2. The van der Waals surface area contributed by atoms with Crippen LogP contribution in [-0.4, -0.2) is 36.0 Å². The number of amides is 1. The third-order valence-corrected chi connectivity index (χ3v) is 3.37. The van der Waals surface area contributed by atoms with Gasteiger partial charge in [0.25, 0.3) is 5.91 Å². The number of pyridine rings is 1. The summed E-state index contributed by atoms with van der Waals surface area (Å²) in [5.41, 5.74) is 1.62. The first-order chi connectivity index (χ1) is 9.21. The smallest absolute Gasteiger partial charge is 0.251 e. The van der Waals surface area contributed by atoms with Crippen molar-refractivity contribution in [2.45, 2.75) is 26.7 Å². The van der Waals surface area contributed by atoms with Gasteiger partial charge in [-0.3, -0.25) is 4.79 Å². The predicted molar refractivity (Wildman–Crippen MR) is 83.1 cm³/mol. The minimum atomic E-state index is -0.0163. The third-order valence-electron chi connectivity index (χ3n) is 2.67. The summed E-state index contributed by atoms with van der Waals surface area (Å²) in [6, 6.07) is 3.68. The van der Waals surface area contributed by atoms with Crippen LogP contribution in [0.4, 0.5) is 5.82 Å². The normalized spacial score (nSPS) is 10.3. The summed E-state index contributed by atoms with van der Waals surface area (Å²) in [4.78, 5) is 16.5. The highest BCUT2D eigenvalue weighted by molar-refractivity contribution is 7.98. The quantitative estimate of drug-likeness (QED) is 0.719. The maximum absolute atomic E-state index is 12.1. The van der Waals surface area contributed by atoms with E-state index in [1.165, 1.54) is 0 Å². The molecule has 0 unspecified atom stereocenters. The Balaban J connectivity index is 2.69. The fourth-order valence-corrected chi connectivity index (χ4v) is 2.13. The van der Waals surface area contributed by atoms with Crippen LogP contribution in [0.5, 0.6) is 0 Å². The highest BCUT2D eigenvalue weighted by atomic mass is 32.2. The molecule has 1 aromatic heterocycles. The molecule has 0 radical (unpaired) electrons. The van der Waals surface area contributed by atoms with E-state index in [4.69, 9.17) is 0 Å². The highest BCUT2D eigenvalue weighted by Crippen LogP contribution is 2.11. The summed E-state index contributed by atoms with van der Waals surface area (Å²) in [7, 11) is 0. The van der Waals surface area contributed by atoms with E-state index < -0.39 is 0 Å². The van der Waals surface area contributed by atoms with Crippen molar-refractivity contribution >= 4 is 23.5 Å². The van der Waals surface area contributed by atoms with E-state index >= 15 is 0 Å². The van der Waals surface area contributed by atoms with E-state index in [0.29, 0.717) is 5.56 Å². The SMILES string of the molecule is CCNc1cc(C(=O)NCCCSC)cc(CC)n1. The molecule has 0 saturated carbocycles. The molecule has 0 atom stereocenters. The van der Waals surface area contributed by atoms with Crippen molar-refractivity contribution in [2.24, 2.45) is 0 Å². The van der Waals surface area contributed by atoms with Gasteiger partial charge in [0.2, 0.25) is 0 Å². The summed E-state index contributed by atoms with van der Waals surface area (Å²) >= 11 is 1.79. The molecule has 0 aliphatic carbocycles. The highest BCUT2D eigenvalue weighted by Gasteiger charge is 2.08. The van der Waals surface area contributed by atoms with Gasteiger partial charge in [-0.2, -0.15) is 11.8 Å². The average Bonchev–Trinajstić information content (AvgIpc) is 2.43. The average molecular weight is 281 g/mol. The van der Waals surface area contributed by atoms with Gasteiger partial charge in [0, 0.05) is 24.3 Å². The number of aryl methyl sites for hydroxylation is 1. The van der Waals surface area contributed by atoms with Crippen molar-refractivity contribution < 1.29 is 4.79 Å². The number of rotatable bonds is 8. The van der Waals surface area contributed by atoms with Crippen LogP contribution in [0.25, 0.3) is 0 Å². The predicted octanol–water partition coefficient (Wildman–Crippen LogP) is 2.56. The van der Waals surface area contributed by atoms with Crippen molar-refractivity contribution in [3.8, 4) is 0 Å². The molecule has 5 heteroatoms. The summed E-state index contributed by atoms with van der Waals surface area (Å²) in [5.74, 6) is 1.83. The molecule has 106 valence electrons. The van der Waals surface area contributed by atoms with E-state index in [2.05, 4.69) is 21.9 Å². The minimum absolute atomic E-state index is 0.0163. The molecule has 1 aromatic rings. The molecule has 1 amide bonds. The summed E-state index contributed by atoms with van der Waals surface area (Å²) in [6.45, 7) is 5.58. The third kappa shape index (κ3) is 5.51. The van der Waals surface area contributed by atoms with Gasteiger partial charge in [-0.05, 0) is 43.9 Å². The lowest BCUT2D eigenvalue weighted by Crippen LogP contribution is -2.25. The Hall–Kier alpha value is -1.23. The summed E-state index contributed by atoms with van der Waals surface area (Å²) in [6.07, 6.45) is 3.89. The molecule has 0 fully saturated rings. The van der Waals surface area contributed by atoms with E-state index in [1.54, 1.807) is 11.8 Å². The van der Waals surface area contributed by atoms with E-state index in [-0.39, 0.29) is 5.91 Å². The maximum Gasteiger partial charge on any atom is 0.251 e. The molecule has 19 heavy (non-hydrogen) atoms. The standard InChI is InChI=1S/C14H23N3OS/c1-4-12-9-11(10-13(17-12)15-5-2)14(18)16-7-6-8-19-3/h9-10H,4-8H2,1-3H3,(H,15,17)(H,16,18). The van der Waals surface area contributed by atoms with Crippen LogP contribution >= 0.6 is 11.8 Å². The molecular formula is C14H23N3OS. The number of nitrogens with one attached hydrogen (secondary N) is 2. The Morgan fingerprint density at radius 1 is 1.37 bits per heavy atom. The maximum atomic E-state index is 12.1. The molecular weight excluding hydrogens is 258 g/mol. The second kappa shape index (κ2) is 8.80. The van der Waals surface area contributed by atoms with Gasteiger partial charge < -0.3 is 10.6 Å². The largest absolute Gasteiger partial charge is 0.370 e. The molecule has 0 spiro atoms. The number of thioether (sulfide) groups is 1. The fraction of sp³-hybridized carbons (Fsp3) is 0.571. The van der Waals surface area contributed by atoms with Gasteiger partial charge in [0.1, 0.15) is 5.82 Å². The van der Waals surface area contributed by atoms with Gasteiger partial charge in [-0.25, -0.2) is 4.98 Å². The van der Waals surface area contributed by atoms with Crippen LogP contribution in [0.3, 0.4) is 0 Å². The Morgan fingerprint density at radius 3 is 2.79 bits per heavy atom. The molecule has 1 rings (SSSR count). The number of anilines is 1. The van der Waals surface area contributed by atoms with Crippen LogP contribution in [0, 0.1) is 0 Å². The first-order valence-corrected chi connectivity index (χ1v) is 8.12. The fourth-order valence-electron chi connectivity index (χ4n) is 1.69. The molecule has 0 aliphatic rings. The Labute approximate surface area is 119 Å². The Morgan fingerprint density at radius 2 is 2.16 bits per heavy atom. The summed E-state index contributed by atoms with van der Waals surface area (Å²) in [5, 5.41) is 6.11. The lowest BCUT2D eigenvalue weighted by atomic mass is 10.2. The Kier molecular flexibility index (Phi) is 7.33. The topological polar surface area (TPSA) is 54.0 Å². The molecule has 0 aliphatic heterocycles. The van der Waals surface area contributed by atoms with Gasteiger partial charge in [0.05, 0.1) is 0 Å². The van der Waals surface area contributed by atoms with E-state index in [0.717, 1.165) is 43.2 Å². The van der Waals surface area contributed by atoms with Gasteiger partial charge >= 0.3 is 0 Å². The molecule has 0 bridgehead atoms. The van der Waals surface area contributed by atoms with E-state index in [9.17, 15) is 4.79 Å². The number of hydrogen-bond acceptors (Lipinski definition) is 4. The zero-order valence-electron chi connectivity index (χ0n) is 12.0. The zero-order chi connectivity index (χ0) is 14.1. The van der Waals surface area contributed by atoms with Crippen molar-refractivity contribution in [2.75, 3.05) is 30.4 Å². The van der Waals surface area contributed by atoms with Crippen molar-refractivity contribution in [1.29, 1.82) is 0 Å². The monoisotopic (exact) mass is 281 g/mol. The van der Waals surface area contributed by atoms with Crippen LogP contribution in [0.1, 0.15) is 36.3 Å². The van der Waals surface area contributed by atoms with Crippen LogP contribution in [-0.2, 0) is 6.42 Å². The van der Waals surface area contributed by atoms with Gasteiger partial charge in [-0.1, -0.05) is 6.92 Å². The van der Waals surface area contributed by atoms with Gasteiger partial charge in [-0.15, -0.1) is 0 Å². The number of carbonyl (C=O) groups excluding carboxylic acids is 1. The molecule has 4 nitrogen and oxygen atoms in total. The van der Waals surface area contributed by atoms with Crippen LogP contribution < -0.4 is 10.6 Å². The van der Waals surface area contributed by atoms with E-state index in [1.807, 2.05) is 26.0 Å². The number of aromatic nitrogens is 1. The number of carbonyl (C=O) groups is 1. The second-order valence-electron chi connectivity index (χ2n) is 4.22. The van der Waals surface area contributed by atoms with Crippen molar-refractivity contribution in [3.05, 3.63) is 23.4 Å². The molecule has 1 heterocycles. The molecule has 0 saturated heterocycles. The molecule has 2 N–H and O–H groups in total. The van der Waals surface area contributed by atoms with Crippen LogP contribution in [0.15, 0.2) is 12.1 Å². The second-order valence-corrected chi connectivity index (χ2v) is 5.20. The zero-order valence-corrected chi connectivity index (χ0v) is 12.8. The number of nitrogens with zero attached hydrogens (tertiary/aromatic N) is 1. The van der Waals surface area contributed by atoms with Crippen molar-refractivity contribution in [3.63, 3.8) is 0 Å². The first-order valence-electron chi connectivity index (χ1n) is 6.73. The summed E-state index contributed by atoms with van der Waals surface area (Å²) < 4.78 is 0. The Bertz CT molecular complexity index is 410. The van der Waals surface area contributed by atoms with Gasteiger partial charge in [0.15, 0.2) is 0 Å².